The van der Waals surface area contributed by atoms with Gasteiger partial charge in [0.15, 0.2) is 6.61 Å². The second-order valence-corrected chi connectivity index (χ2v) is 5.97. The van der Waals surface area contributed by atoms with Gasteiger partial charge in [0.2, 0.25) is 0 Å². The topological polar surface area (TPSA) is 38.3 Å². The minimum atomic E-state index is -4.54. The first-order valence-electron chi connectivity index (χ1n) is 6.41. The highest BCUT2D eigenvalue weighted by Gasteiger charge is 2.29. The lowest BCUT2D eigenvalue weighted by Gasteiger charge is -2.14. The van der Waals surface area contributed by atoms with E-state index in [1.807, 2.05) is 0 Å². The average Bonchev–Trinajstić information content (AvgIpc) is 2.45. The molecule has 0 radical (unpaired) electrons. The Hall–Kier alpha value is -1.80. The molecule has 0 heterocycles. The standard InChI is InChI=1S/C15H9BrClF4NO2/c16-8-1-3-10(11(18)5-8)14(23)22-12-6-9(17)2-4-13(12)24-7-15(19,20)21/h1-6H,7H2,(H,22,23). The molecule has 24 heavy (non-hydrogen) atoms. The molecule has 128 valence electrons. The third-order valence-electron chi connectivity index (χ3n) is 2.76. The van der Waals surface area contributed by atoms with Gasteiger partial charge < -0.3 is 10.1 Å². The van der Waals surface area contributed by atoms with Crippen molar-refractivity contribution in [3.8, 4) is 5.75 Å². The first kappa shape index (κ1) is 18.5. The lowest BCUT2D eigenvalue weighted by molar-refractivity contribution is -0.153. The third-order valence-corrected chi connectivity index (χ3v) is 3.49. The molecule has 0 spiro atoms. The molecule has 0 saturated heterocycles. The number of anilines is 1. The maximum atomic E-state index is 13.8. The molecule has 0 aliphatic rings. The Balaban J connectivity index is 2.24. The van der Waals surface area contributed by atoms with E-state index >= 15 is 0 Å². The van der Waals surface area contributed by atoms with Gasteiger partial charge in [0, 0.05) is 9.50 Å². The highest BCUT2D eigenvalue weighted by molar-refractivity contribution is 9.10. The van der Waals surface area contributed by atoms with Crippen molar-refractivity contribution in [3.05, 3.63) is 57.3 Å². The molecule has 0 aliphatic carbocycles. The maximum Gasteiger partial charge on any atom is 0.422 e. The summed E-state index contributed by atoms with van der Waals surface area (Å²) in [7, 11) is 0. The van der Waals surface area contributed by atoms with E-state index in [0.717, 1.165) is 6.07 Å². The van der Waals surface area contributed by atoms with Crippen LogP contribution in [0, 0.1) is 5.82 Å². The first-order valence-corrected chi connectivity index (χ1v) is 7.58. The summed E-state index contributed by atoms with van der Waals surface area (Å²) in [6.45, 7) is -1.54. The van der Waals surface area contributed by atoms with Crippen LogP contribution in [0.2, 0.25) is 5.02 Å². The molecule has 0 unspecified atom stereocenters. The maximum absolute atomic E-state index is 13.8. The fraction of sp³-hybridized carbons (Fsp3) is 0.133. The normalized spacial score (nSPS) is 11.2. The molecule has 0 saturated carbocycles. The Morgan fingerprint density at radius 1 is 1.21 bits per heavy atom. The van der Waals surface area contributed by atoms with Gasteiger partial charge in [-0.15, -0.1) is 0 Å². The number of alkyl halides is 3. The summed E-state index contributed by atoms with van der Waals surface area (Å²) in [5.74, 6) is -1.87. The van der Waals surface area contributed by atoms with Crippen LogP contribution in [0.4, 0.5) is 23.2 Å². The van der Waals surface area contributed by atoms with Crippen LogP contribution in [-0.2, 0) is 0 Å². The number of benzene rings is 2. The van der Waals surface area contributed by atoms with E-state index < -0.39 is 24.5 Å². The van der Waals surface area contributed by atoms with Crippen molar-refractivity contribution >= 4 is 39.1 Å². The van der Waals surface area contributed by atoms with E-state index in [2.05, 4.69) is 26.0 Å². The van der Waals surface area contributed by atoms with Gasteiger partial charge in [-0.25, -0.2) is 4.39 Å². The van der Waals surface area contributed by atoms with E-state index in [4.69, 9.17) is 11.6 Å². The molecule has 3 nitrogen and oxygen atoms in total. The lowest BCUT2D eigenvalue weighted by atomic mass is 10.2. The zero-order chi connectivity index (χ0) is 17.9. The number of ether oxygens (including phenoxy) is 1. The Labute approximate surface area is 147 Å². The van der Waals surface area contributed by atoms with Crippen LogP contribution in [-0.4, -0.2) is 18.7 Å². The molecule has 1 N–H and O–H groups in total. The molecule has 2 aromatic carbocycles. The molecule has 2 rings (SSSR count). The van der Waals surface area contributed by atoms with Gasteiger partial charge in [-0.3, -0.25) is 4.79 Å². The van der Waals surface area contributed by atoms with Crippen LogP contribution >= 0.6 is 27.5 Å². The second kappa shape index (κ2) is 7.40. The molecule has 0 aliphatic heterocycles. The predicted octanol–water partition coefficient (Wildman–Crippen LogP) is 5.44. The number of nitrogens with one attached hydrogen (secondary N) is 1. The van der Waals surface area contributed by atoms with Crippen LogP contribution in [0.5, 0.6) is 5.75 Å². The Morgan fingerprint density at radius 3 is 2.54 bits per heavy atom. The summed E-state index contributed by atoms with van der Waals surface area (Å²) in [6, 6.07) is 7.48. The average molecular weight is 427 g/mol. The molecule has 2 aromatic rings. The molecular weight excluding hydrogens is 418 g/mol. The third kappa shape index (κ3) is 5.10. The number of carbonyl (C=O) groups is 1. The van der Waals surface area contributed by atoms with Crippen molar-refractivity contribution in [1.82, 2.24) is 0 Å². The fourth-order valence-electron chi connectivity index (χ4n) is 1.75. The molecule has 1 amide bonds. The van der Waals surface area contributed by atoms with E-state index in [1.165, 1.54) is 30.3 Å². The summed E-state index contributed by atoms with van der Waals surface area (Å²) in [5, 5.41) is 2.46. The Kier molecular flexibility index (Phi) is 5.71. The number of hydrogen-bond acceptors (Lipinski definition) is 2. The molecule has 9 heteroatoms. The number of hydrogen-bond donors (Lipinski definition) is 1. The van der Waals surface area contributed by atoms with E-state index in [1.54, 1.807) is 0 Å². The molecular formula is C15H9BrClF4NO2. The van der Waals surface area contributed by atoms with Gasteiger partial charge in [0.25, 0.3) is 5.91 Å². The Morgan fingerprint density at radius 2 is 1.92 bits per heavy atom. The zero-order valence-electron chi connectivity index (χ0n) is 11.8. The first-order chi connectivity index (χ1) is 11.2. The Bertz CT molecular complexity index is 768. The summed E-state index contributed by atoms with van der Waals surface area (Å²) in [6.07, 6.45) is -4.54. The van der Waals surface area contributed by atoms with Gasteiger partial charge in [-0.2, -0.15) is 13.2 Å². The summed E-state index contributed by atoms with van der Waals surface area (Å²) < 4.78 is 55.7. The summed E-state index contributed by atoms with van der Waals surface area (Å²) in [5.41, 5.74) is -0.376. The van der Waals surface area contributed by atoms with Crippen molar-refractivity contribution in [3.63, 3.8) is 0 Å². The minimum Gasteiger partial charge on any atom is -0.482 e. The van der Waals surface area contributed by atoms with Crippen LogP contribution in [0.25, 0.3) is 0 Å². The largest absolute Gasteiger partial charge is 0.482 e. The highest BCUT2D eigenvalue weighted by Crippen LogP contribution is 2.30. The fourth-order valence-corrected chi connectivity index (χ4v) is 2.25. The van der Waals surface area contributed by atoms with Crippen LogP contribution in [0.1, 0.15) is 10.4 Å². The quantitative estimate of drug-likeness (QED) is 0.662. The van der Waals surface area contributed by atoms with E-state index in [-0.39, 0.29) is 22.0 Å². The van der Waals surface area contributed by atoms with Crippen molar-refractivity contribution in [2.75, 3.05) is 11.9 Å². The van der Waals surface area contributed by atoms with Crippen molar-refractivity contribution in [2.24, 2.45) is 0 Å². The molecule has 0 bridgehead atoms. The number of rotatable bonds is 4. The summed E-state index contributed by atoms with van der Waals surface area (Å²) >= 11 is 8.84. The molecule has 0 fully saturated rings. The summed E-state index contributed by atoms with van der Waals surface area (Å²) in [4.78, 5) is 12.1. The number of carbonyl (C=O) groups excluding carboxylic acids is 1. The van der Waals surface area contributed by atoms with E-state index in [0.29, 0.717) is 4.47 Å². The van der Waals surface area contributed by atoms with E-state index in [9.17, 15) is 22.4 Å². The molecule has 0 aromatic heterocycles. The van der Waals surface area contributed by atoms with Gasteiger partial charge in [0.05, 0.1) is 11.3 Å². The smallest absolute Gasteiger partial charge is 0.422 e. The van der Waals surface area contributed by atoms with Gasteiger partial charge in [0.1, 0.15) is 11.6 Å². The molecule has 0 atom stereocenters. The lowest BCUT2D eigenvalue weighted by Crippen LogP contribution is -2.20. The van der Waals surface area contributed by atoms with Crippen molar-refractivity contribution < 1.29 is 27.1 Å². The van der Waals surface area contributed by atoms with Gasteiger partial charge in [-0.05, 0) is 36.4 Å². The van der Waals surface area contributed by atoms with Crippen molar-refractivity contribution in [1.29, 1.82) is 0 Å². The van der Waals surface area contributed by atoms with Crippen LogP contribution in [0.3, 0.4) is 0 Å². The minimum absolute atomic E-state index is 0.0981. The predicted molar refractivity (Wildman–Crippen MR) is 85.1 cm³/mol. The van der Waals surface area contributed by atoms with Gasteiger partial charge >= 0.3 is 6.18 Å². The van der Waals surface area contributed by atoms with Crippen LogP contribution < -0.4 is 10.1 Å². The number of halogens is 6. The SMILES string of the molecule is O=C(Nc1cc(Cl)ccc1OCC(F)(F)F)c1ccc(Br)cc1F. The highest BCUT2D eigenvalue weighted by atomic mass is 79.9. The zero-order valence-corrected chi connectivity index (χ0v) is 14.1. The van der Waals surface area contributed by atoms with Crippen LogP contribution in [0.15, 0.2) is 40.9 Å². The second-order valence-electron chi connectivity index (χ2n) is 4.62. The monoisotopic (exact) mass is 425 g/mol. The van der Waals surface area contributed by atoms with Crippen molar-refractivity contribution in [2.45, 2.75) is 6.18 Å². The van der Waals surface area contributed by atoms with Gasteiger partial charge in [-0.1, -0.05) is 27.5 Å². The number of amides is 1.